The molecular weight excluding hydrogens is 230 g/mol. The van der Waals surface area contributed by atoms with Crippen LogP contribution in [0.25, 0.3) is 0 Å². The van der Waals surface area contributed by atoms with E-state index >= 15 is 0 Å². The van der Waals surface area contributed by atoms with Crippen molar-refractivity contribution in [2.24, 2.45) is 0 Å². The van der Waals surface area contributed by atoms with Crippen LogP contribution in [0.15, 0.2) is 18.2 Å². The Labute approximate surface area is 107 Å². The lowest BCUT2D eigenvalue weighted by Gasteiger charge is -2.24. The topological polar surface area (TPSA) is 47.6 Å². The smallest absolute Gasteiger partial charge is 0.349 e. The summed E-state index contributed by atoms with van der Waals surface area (Å²) in [5.74, 6) is 0.333. The normalized spacial score (nSPS) is 13.7. The Kier molecular flexibility index (Phi) is 3.45. The van der Waals surface area contributed by atoms with Crippen molar-refractivity contribution in [2.45, 2.75) is 32.8 Å². The van der Waals surface area contributed by atoms with Crippen molar-refractivity contribution in [2.75, 3.05) is 18.5 Å². The maximum Gasteiger partial charge on any atom is 0.349 e. The fourth-order valence-electron chi connectivity index (χ4n) is 1.97. The maximum atomic E-state index is 11.7. The van der Waals surface area contributed by atoms with E-state index in [-0.39, 0.29) is 5.97 Å². The molecule has 98 valence electrons. The predicted octanol–water partition coefficient (Wildman–Crippen LogP) is 2.38. The zero-order valence-corrected chi connectivity index (χ0v) is 11.1. The molecule has 2 rings (SSSR count). The lowest BCUT2D eigenvalue weighted by Crippen LogP contribution is -2.39. The van der Waals surface area contributed by atoms with Crippen molar-refractivity contribution in [1.29, 1.82) is 0 Å². The molecule has 1 aromatic carbocycles. The average Bonchev–Trinajstić information content (AvgIpc) is 2.76. The van der Waals surface area contributed by atoms with Gasteiger partial charge in [0.25, 0.3) is 0 Å². The molecule has 4 nitrogen and oxygen atoms in total. The molecule has 1 aliphatic rings. The van der Waals surface area contributed by atoms with Gasteiger partial charge < -0.3 is 14.8 Å². The van der Waals surface area contributed by atoms with Crippen molar-refractivity contribution < 1.29 is 14.3 Å². The van der Waals surface area contributed by atoms with Gasteiger partial charge in [-0.3, -0.25) is 0 Å². The molecule has 4 heteroatoms. The molecule has 0 atom stereocenters. The number of carbonyl (C=O) groups is 1. The Bertz CT molecular complexity index is 454. The van der Waals surface area contributed by atoms with E-state index in [0.717, 1.165) is 18.7 Å². The van der Waals surface area contributed by atoms with Gasteiger partial charge in [-0.1, -0.05) is 6.07 Å². The van der Waals surface area contributed by atoms with Crippen LogP contribution in [0.1, 0.15) is 26.3 Å². The molecule has 0 bridgehead atoms. The molecule has 18 heavy (non-hydrogen) atoms. The molecule has 1 aromatic rings. The summed E-state index contributed by atoms with van der Waals surface area (Å²) in [5.41, 5.74) is 1.41. The number of anilines is 1. The van der Waals surface area contributed by atoms with Gasteiger partial charge in [0.1, 0.15) is 5.75 Å². The summed E-state index contributed by atoms with van der Waals surface area (Å²) in [4.78, 5) is 11.7. The first-order valence-corrected chi connectivity index (χ1v) is 6.26. The summed E-state index contributed by atoms with van der Waals surface area (Å²) < 4.78 is 10.7. The van der Waals surface area contributed by atoms with E-state index in [4.69, 9.17) is 9.47 Å². The van der Waals surface area contributed by atoms with Gasteiger partial charge in [0.05, 0.1) is 6.61 Å². The number of rotatable bonds is 4. The lowest BCUT2D eigenvalue weighted by molar-refractivity contribution is -0.158. The van der Waals surface area contributed by atoms with E-state index in [1.54, 1.807) is 20.8 Å². The number of hydrogen-bond acceptors (Lipinski definition) is 4. The Hall–Kier alpha value is -1.71. The van der Waals surface area contributed by atoms with E-state index in [9.17, 15) is 4.79 Å². The van der Waals surface area contributed by atoms with E-state index in [1.807, 2.05) is 18.2 Å². The highest BCUT2D eigenvalue weighted by Gasteiger charge is 2.31. The molecule has 1 aliphatic heterocycles. The van der Waals surface area contributed by atoms with E-state index in [1.165, 1.54) is 5.56 Å². The second kappa shape index (κ2) is 4.88. The minimum atomic E-state index is -0.969. The first-order valence-electron chi connectivity index (χ1n) is 6.26. The van der Waals surface area contributed by atoms with E-state index < -0.39 is 5.60 Å². The number of carbonyl (C=O) groups excluding carboxylic acids is 1. The molecular formula is C14H19NO3. The Morgan fingerprint density at radius 2 is 2.22 bits per heavy atom. The number of fused-ring (bicyclic) bond motifs is 1. The van der Waals surface area contributed by atoms with Gasteiger partial charge in [0.15, 0.2) is 5.60 Å². The van der Waals surface area contributed by atoms with Gasteiger partial charge in [0.2, 0.25) is 0 Å². The third-order valence-electron chi connectivity index (χ3n) is 2.93. The SMILES string of the molecule is CCOC(=O)C(C)(C)Oc1ccc2c(c1)NCC2. The Morgan fingerprint density at radius 1 is 1.44 bits per heavy atom. The van der Waals surface area contributed by atoms with Crippen LogP contribution in [0.3, 0.4) is 0 Å². The minimum absolute atomic E-state index is 0.349. The average molecular weight is 249 g/mol. The van der Waals surface area contributed by atoms with Crippen molar-refractivity contribution >= 4 is 11.7 Å². The van der Waals surface area contributed by atoms with E-state index in [2.05, 4.69) is 5.32 Å². The van der Waals surface area contributed by atoms with Crippen molar-refractivity contribution in [3.63, 3.8) is 0 Å². The molecule has 0 unspecified atom stereocenters. The largest absolute Gasteiger partial charge is 0.476 e. The van der Waals surface area contributed by atoms with Crippen molar-refractivity contribution in [3.05, 3.63) is 23.8 Å². The third kappa shape index (κ3) is 2.58. The van der Waals surface area contributed by atoms with Gasteiger partial charge in [0, 0.05) is 18.3 Å². The van der Waals surface area contributed by atoms with Gasteiger partial charge in [-0.15, -0.1) is 0 Å². The molecule has 0 aliphatic carbocycles. The Balaban J connectivity index is 2.11. The minimum Gasteiger partial charge on any atom is -0.476 e. The van der Waals surface area contributed by atoms with Crippen LogP contribution in [-0.2, 0) is 16.0 Å². The predicted molar refractivity (Wildman–Crippen MR) is 70.0 cm³/mol. The first kappa shape index (κ1) is 12.7. The summed E-state index contributed by atoms with van der Waals surface area (Å²) in [7, 11) is 0. The molecule has 0 fully saturated rings. The third-order valence-corrected chi connectivity index (χ3v) is 2.93. The molecule has 0 saturated heterocycles. The fourth-order valence-corrected chi connectivity index (χ4v) is 1.97. The monoisotopic (exact) mass is 249 g/mol. The zero-order valence-electron chi connectivity index (χ0n) is 11.1. The summed E-state index contributed by atoms with van der Waals surface area (Å²) in [5, 5.41) is 3.28. The van der Waals surface area contributed by atoms with Crippen LogP contribution < -0.4 is 10.1 Å². The zero-order chi connectivity index (χ0) is 13.2. The summed E-state index contributed by atoms with van der Waals surface area (Å²) in [6.45, 7) is 6.53. The standard InChI is InChI=1S/C14H19NO3/c1-4-17-13(16)14(2,3)18-11-6-5-10-7-8-15-12(10)9-11/h5-6,9,15H,4,7-8H2,1-3H3. The van der Waals surface area contributed by atoms with Gasteiger partial charge in [-0.25, -0.2) is 4.79 Å². The highest BCUT2D eigenvalue weighted by molar-refractivity contribution is 5.79. The van der Waals surface area contributed by atoms with Gasteiger partial charge in [-0.05, 0) is 38.8 Å². The molecule has 0 saturated carbocycles. The van der Waals surface area contributed by atoms with Crippen molar-refractivity contribution in [1.82, 2.24) is 0 Å². The van der Waals surface area contributed by atoms with Crippen LogP contribution in [0.5, 0.6) is 5.75 Å². The van der Waals surface area contributed by atoms with Crippen LogP contribution in [0.4, 0.5) is 5.69 Å². The summed E-state index contributed by atoms with van der Waals surface area (Å²) in [6, 6.07) is 5.86. The highest BCUT2D eigenvalue weighted by atomic mass is 16.6. The number of ether oxygens (including phenoxy) is 2. The number of esters is 1. The summed E-state index contributed by atoms with van der Waals surface area (Å²) >= 11 is 0. The highest BCUT2D eigenvalue weighted by Crippen LogP contribution is 2.29. The number of benzene rings is 1. The quantitative estimate of drug-likeness (QED) is 0.832. The van der Waals surface area contributed by atoms with Gasteiger partial charge in [-0.2, -0.15) is 0 Å². The first-order chi connectivity index (χ1) is 8.53. The molecule has 0 spiro atoms. The van der Waals surface area contributed by atoms with Crippen LogP contribution in [0, 0.1) is 0 Å². The van der Waals surface area contributed by atoms with Crippen molar-refractivity contribution in [3.8, 4) is 5.75 Å². The van der Waals surface area contributed by atoms with Crippen LogP contribution in [-0.4, -0.2) is 24.7 Å². The molecule has 0 aromatic heterocycles. The summed E-state index contributed by atoms with van der Waals surface area (Å²) in [6.07, 6.45) is 1.04. The molecule has 1 heterocycles. The fraction of sp³-hybridized carbons (Fsp3) is 0.500. The molecule has 0 radical (unpaired) electrons. The lowest BCUT2D eigenvalue weighted by atomic mass is 10.1. The molecule has 1 N–H and O–H groups in total. The van der Waals surface area contributed by atoms with Crippen LogP contribution >= 0.6 is 0 Å². The number of nitrogens with one attached hydrogen (secondary N) is 1. The van der Waals surface area contributed by atoms with Gasteiger partial charge >= 0.3 is 5.97 Å². The molecule has 0 amide bonds. The van der Waals surface area contributed by atoms with Crippen LogP contribution in [0.2, 0.25) is 0 Å². The Morgan fingerprint density at radius 3 is 2.94 bits per heavy atom. The maximum absolute atomic E-state index is 11.7. The second-order valence-electron chi connectivity index (χ2n) is 4.83. The van der Waals surface area contributed by atoms with E-state index in [0.29, 0.717) is 12.4 Å². The number of hydrogen-bond donors (Lipinski definition) is 1. The second-order valence-corrected chi connectivity index (χ2v) is 4.83.